The van der Waals surface area contributed by atoms with Crippen LogP contribution in [0.5, 0.6) is 0 Å². The average molecular weight is 366 g/mol. The standard InChI is InChI=1S/C22H31N5/c1-16(2)6-5-10-26-19-8-7-17(3)22(12-19)27-14-18(13-23)20-15-25-11-9-21(20)24-4/h5-9,11-13,15-16,18,23,26-27H,10,14H2,1-4H3,(H,24,25)/b6-5+,23-13?. The molecule has 0 saturated heterocycles. The van der Waals surface area contributed by atoms with Crippen molar-refractivity contribution in [3.8, 4) is 0 Å². The summed E-state index contributed by atoms with van der Waals surface area (Å²) in [4.78, 5) is 4.22. The van der Waals surface area contributed by atoms with Crippen LogP contribution in [0.2, 0.25) is 0 Å². The second-order valence-corrected chi connectivity index (χ2v) is 6.95. The molecule has 0 aliphatic carbocycles. The van der Waals surface area contributed by atoms with Gasteiger partial charge < -0.3 is 21.4 Å². The molecule has 0 spiro atoms. The summed E-state index contributed by atoms with van der Waals surface area (Å²) in [5, 5.41) is 17.9. The largest absolute Gasteiger partial charge is 0.388 e. The number of pyridine rings is 1. The maximum atomic E-state index is 7.84. The van der Waals surface area contributed by atoms with E-state index in [9.17, 15) is 0 Å². The van der Waals surface area contributed by atoms with Gasteiger partial charge in [0.1, 0.15) is 0 Å². The van der Waals surface area contributed by atoms with Crippen molar-refractivity contribution in [3.63, 3.8) is 0 Å². The first-order chi connectivity index (χ1) is 13.0. The van der Waals surface area contributed by atoms with E-state index < -0.39 is 0 Å². The molecule has 144 valence electrons. The number of benzene rings is 1. The molecule has 0 amide bonds. The summed E-state index contributed by atoms with van der Waals surface area (Å²) in [6.45, 7) is 7.89. The third-order valence-electron chi connectivity index (χ3n) is 4.42. The molecular formula is C22H31N5. The van der Waals surface area contributed by atoms with Crippen molar-refractivity contribution in [2.45, 2.75) is 26.7 Å². The van der Waals surface area contributed by atoms with Gasteiger partial charge in [-0.25, -0.2) is 0 Å². The minimum atomic E-state index is -0.0499. The van der Waals surface area contributed by atoms with E-state index in [2.05, 4.69) is 72.1 Å². The first kappa shape index (κ1) is 20.5. The molecule has 0 aliphatic heterocycles. The number of hydrogen-bond acceptors (Lipinski definition) is 5. The predicted octanol–water partition coefficient (Wildman–Crippen LogP) is 4.90. The van der Waals surface area contributed by atoms with Crippen LogP contribution >= 0.6 is 0 Å². The van der Waals surface area contributed by atoms with Crippen LogP contribution in [0.4, 0.5) is 17.1 Å². The highest BCUT2D eigenvalue weighted by atomic mass is 14.9. The lowest BCUT2D eigenvalue weighted by Crippen LogP contribution is -2.16. The number of nitrogens with zero attached hydrogens (tertiary/aromatic N) is 1. The number of rotatable bonds is 10. The Morgan fingerprint density at radius 3 is 2.67 bits per heavy atom. The fraction of sp³-hybridized carbons (Fsp3) is 0.364. The van der Waals surface area contributed by atoms with Crippen LogP contribution in [0.3, 0.4) is 0 Å². The molecule has 0 fully saturated rings. The maximum absolute atomic E-state index is 7.84. The van der Waals surface area contributed by atoms with Crippen LogP contribution in [0.25, 0.3) is 0 Å². The molecule has 1 aromatic carbocycles. The molecule has 0 bridgehead atoms. The Bertz CT molecular complexity index is 767. The molecule has 27 heavy (non-hydrogen) atoms. The lowest BCUT2D eigenvalue weighted by atomic mass is 10.00. The molecule has 5 heteroatoms. The smallest absolute Gasteiger partial charge is 0.0408 e. The molecule has 1 atom stereocenters. The van der Waals surface area contributed by atoms with Crippen molar-refractivity contribution in [1.82, 2.24) is 4.98 Å². The topological polar surface area (TPSA) is 72.8 Å². The maximum Gasteiger partial charge on any atom is 0.0408 e. The van der Waals surface area contributed by atoms with E-state index in [4.69, 9.17) is 5.41 Å². The quantitative estimate of drug-likeness (QED) is 0.357. The summed E-state index contributed by atoms with van der Waals surface area (Å²) in [6.07, 6.45) is 9.41. The van der Waals surface area contributed by atoms with Crippen LogP contribution in [0.1, 0.15) is 30.9 Å². The minimum Gasteiger partial charge on any atom is -0.388 e. The fourth-order valence-corrected chi connectivity index (χ4v) is 2.85. The number of hydrogen-bond donors (Lipinski definition) is 4. The normalized spacial score (nSPS) is 12.2. The summed E-state index contributed by atoms with van der Waals surface area (Å²) < 4.78 is 0. The third-order valence-corrected chi connectivity index (χ3v) is 4.42. The van der Waals surface area contributed by atoms with Crippen LogP contribution in [0, 0.1) is 18.3 Å². The van der Waals surface area contributed by atoms with Gasteiger partial charge in [0.2, 0.25) is 0 Å². The van der Waals surface area contributed by atoms with Crippen molar-refractivity contribution in [2.24, 2.45) is 5.92 Å². The SMILES string of the molecule is CNc1ccncc1C(C=N)CNc1cc(NC/C=C/C(C)C)ccc1C. The number of aromatic nitrogens is 1. The Morgan fingerprint density at radius 2 is 1.96 bits per heavy atom. The zero-order chi connectivity index (χ0) is 19.6. The molecule has 0 radical (unpaired) electrons. The fourth-order valence-electron chi connectivity index (χ4n) is 2.85. The molecule has 0 saturated carbocycles. The highest BCUT2D eigenvalue weighted by Crippen LogP contribution is 2.25. The number of allylic oxidation sites excluding steroid dienone is 1. The van der Waals surface area contributed by atoms with Gasteiger partial charge in [-0.1, -0.05) is 32.1 Å². The Kier molecular flexibility index (Phi) is 7.86. The van der Waals surface area contributed by atoms with Crippen molar-refractivity contribution < 1.29 is 0 Å². The van der Waals surface area contributed by atoms with Gasteiger partial charge in [-0.05, 0) is 36.6 Å². The van der Waals surface area contributed by atoms with E-state index in [0.717, 1.165) is 29.2 Å². The second-order valence-electron chi connectivity index (χ2n) is 6.95. The van der Waals surface area contributed by atoms with E-state index in [0.29, 0.717) is 12.5 Å². The van der Waals surface area contributed by atoms with Crippen LogP contribution in [-0.2, 0) is 0 Å². The number of aryl methyl sites for hydroxylation is 1. The molecule has 1 unspecified atom stereocenters. The van der Waals surface area contributed by atoms with Gasteiger partial charge in [0.05, 0.1) is 0 Å². The van der Waals surface area contributed by atoms with Crippen molar-refractivity contribution in [1.29, 1.82) is 5.41 Å². The van der Waals surface area contributed by atoms with E-state index >= 15 is 0 Å². The van der Waals surface area contributed by atoms with Crippen LogP contribution in [-0.4, -0.2) is 31.3 Å². The molecule has 5 nitrogen and oxygen atoms in total. The zero-order valence-corrected chi connectivity index (χ0v) is 16.7. The molecule has 1 heterocycles. The predicted molar refractivity (Wildman–Crippen MR) is 117 cm³/mol. The van der Waals surface area contributed by atoms with Gasteiger partial charge >= 0.3 is 0 Å². The third kappa shape index (κ3) is 6.13. The van der Waals surface area contributed by atoms with Gasteiger partial charge in [-0.3, -0.25) is 4.98 Å². The molecule has 2 aromatic rings. The lowest BCUT2D eigenvalue weighted by Gasteiger charge is -2.18. The number of nitrogens with one attached hydrogen (secondary N) is 4. The Hall–Kier alpha value is -2.82. The number of anilines is 3. The molecular weight excluding hydrogens is 334 g/mol. The van der Waals surface area contributed by atoms with Gasteiger partial charge in [0.25, 0.3) is 0 Å². The summed E-state index contributed by atoms with van der Waals surface area (Å²) >= 11 is 0. The second kappa shape index (κ2) is 10.4. The molecule has 4 N–H and O–H groups in total. The summed E-state index contributed by atoms with van der Waals surface area (Å²) in [5.41, 5.74) is 5.37. The summed E-state index contributed by atoms with van der Waals surface area (Å²) in [7, 11) is 1.89. The van der Waals surface area contributed by atoms with Crippen molar-refractivity contribution in [3.05, 3.63) is 59.9 Å². The Morgan fingerprint density at radius 1 is 1.15 bits per heavy atom. The van der Waals surface area contributed by atoms with E-state index in [-0.39, 0.29) is 5.92 Å². The van der Waals surface area contributed by atoms with E-state index in [1.54, 1.807) is 6.20 Å². The molecule has 0 aliphatic rings. The summed E-state index contributed by atoms with van der Waals surface area (Å²) in [6, 6.07) is 8.27. The summed E-state index contributed by atoms with van der Waals surface area (Å²) in [5.74, 6) is 0.515. The highest BCUT2D eigenvalue weighted by molar-refractivity contribution is 5.71. The van der Waals surface area contributed by atoms with E-state index in [1.807, 2.05) is 19.3 Å². The van der Waals surface area contributed by atoms with Gasteiger partial charge in [0, 0.05) is 67.3 Å². The molecule has 1 aromatic heterocycles. The van der Waals surface area contributed by atoms with Gasteiger partial charge in [0.15, 0.2) is 0 Å². The van der Waals surface area contributed by atoms with Gasteiger partial charge in [-0.15, -0.1) is 0 Å². The van der Waals surface area contributed by atoms with Crippen LogP contribution < -0.4 is 16.0 Å². The van der Waals surface area contributed by atoms with Crippen LogP contribution in [0.15, 0.2) is 48.8 Å². The van der Waals surface area contributed by atoms with Crippen molar-refractivity contribution in [2.75, 3.05) is 36.1 Å². The van der Waals surface area contributed by atoms with Gasteiger partial charge in [-0.2, -0.15) is 0 Å². The minimum absolute atomic E-state index is 0.0499. The monoisotopic (exact) mass is 365 g/mol. The lowest BCUT2D eigenvalue weighted by molar-refractivity contribution is 0.829. The highest BCUT2D eigenvalue weighted by Gasteiger charge is 2.13. The van der Waals surface area contributed by atoms with E-state index in [1.165, 1.54) is 11.8 Å². The molecule has 2 rings (SSSR count). The zero-order valence-electron chi connectivity index (χ0n) is 16.7. The average Bonchev–Trinajstić information content (AvgIpc) is 2.67. The Labute approximate surface area is 162 Å². The first-order valence-corrected chi connectivity index (χ1v) is 9.42. The van der Waals surface area contributed by atoms with Crippen molar-refractivity contribution >= 4 is 23.3 Å². The Balaban J connectivity index is 2.05. The first-order valence-electron chi connectivity index (χ1n) is 9.42.